The van der Waals surface area contributed by atoms with E-state index in [0.717, 1.165) is 9.18 Å². The van der Waals surface area contributed by atoms with Gasteiger partial charge in [0.1, 0.15) is 0 Å². The first-order valence-electron chi connectivity index (χ1n) is 7.94. The zero-order valence-corrected chi connectivity index (χ0v) is 15.2. The molecule has 1 unspecified atom stereocenters. The van der Waals surface area contributed by atoms with E-state index in [1.807, 2.05) is 23.6 Å². The van der Waals surface area contributed by atoms with Crippen LogP contribution >= 0.6 is 11.3 Å². The smallest absolute Gasteiger partial charge is 0.238 e. The van der Waals surface area contributed by atoms with Gasteiger partial charge in [-0.15, -0.1) is 11.3 Å². The molecule has 1 aromatic carbocycles. The minimum Gasteiger partial charge on any atom is -0.390 e. The predicted molar refractivity (Wildman–Crippen MR) is 96.4 cm³/mol. The molecule has 8 heteroatoms. The first-order chi connectivity index (χ1) is 11.9. The number of hydrogen-bond donors (Lipinski definition) is 1. The van der Waals surface area contributed by atoms with Crippen LogP contribution in [0.4, 0.5) is 0 Å². The Morgan fingerprint density at radius 3 is 2.56 bits per heavy atom. The molecule has 25 heavy (non-hydrogen) atoms. The number of aliphatic hydroxyl groups is 1. The third-order valence-corrected chi connectivity index (χ3v) is 6.65. The van der Waals surface area contributed by atoms with Crippen molar-refractivity contribution in [1.82, 2.24) is 9.21 Å². The van der Waals surface area contributed by atoms with Crippen molar-refractivity contribution >= 4 is 27.3 Å². The largest absolute Gasteiger partial charge is 0.390 e. The maximum atomic E-state index is 12.7. The second kappa shape index (κ2) is 7.65. The number of benzene rings is 1. The van der Waals surface area contributed by atoms with Gasteiger partial charge in [0.15, 0.2) is 0 Å². The predicted octanol–water partition coefficient (Wildman–Crippen LogP) is 1.28. The number of β-amino-alcohol motifs (C(OH)–C–C–N with tert-alkyl or cyclic N) is 1. The van der Waals surface area contributed by atoms with Crippen molar-refractivity contribution in [2.75, 3.05) is 19.6 Å². The number of aliphatic hydroxyl groups excluding tert-OH is 1. The van der Waals surface area contributed by atoms with Crippen LogP contribution in [0, 0.1) is 0 Å². The van der Waals surface area contributed by atoms with Gasteiger partial charge in [0.25, 0.3) is 0 Å². The molecule has 1 fully saturated rings. The highest BCUT2D eigenvalue weighted by Crippen LogP contribution is 2.18. The summed E-state index contributed by atoms with van der Waals surface area (Å²) in [5.41, 5.74) is 0.657. The normalized spacial score (nSPS) is 19.8. The quantitative estimate of drug-likeness (QED) is 0.848. The Labute approximate surface area is 151 Å². The van der Waals surface area contributed by atoms with E-state index in [4.69, 9.17) is 0 Å². The minimum atomic E-state index is -3.68. The summed E-state index contributed by atoms with van der Waals surface area (Å²) in [5.74, 6) is -0.472. The molecule has 2 heterocycles. The average Bonchev–Trinajstić information content (AvgIpc) is 3.02. The second-order valence-electron chi connectivity index (χ2n) is 6.04. The Bertz CT molecular complexity index is 806. The van der Waals surface area contributed by atoms with Crippen molar-refractivity contribution in [1.29, 1.82) is 0 Å². The fourth-order valence-corrected chi connectivity index (χ4v) is 5.02. The lowest BCUT2D eigenvalue weighted by Gasteiger charge is -2.21. The molecule has 3 rings (SSSR count). The Morgan fingerprint density at radius 2 is 1.88 bits per heavy atom. The third-order valence-electron chi connectivity index (χ3n) is 4.02. The first kappa shape index (κ1) is 18.1. The van der Waals surface area contributed by atoms with Gasteiger partial charge in [-0.3, -0.25) is 4.79 Å². The van der Waals surface area contributed by atoms with Crippen molar-refractivity contribution in [2.24, 2.45) is 0 Å². The van der Waals surface area contributed by atoms with Crippen molar-refractivity contribution < 1.29 is 18.3 Å². The van der Waals surface area contributed by atoms with Gasteiger partial charge in [0.05, 0.1) is 24.9 Å². The van der Waals surface area contributed by atoms with E-state index < -0.39 is 16.1 Å². The summed E-state index contributed by atoms with van der Waals surface area (Å²) in [6, 6.07) is 12.6. The molecular weight excluding hydrogens is 360 g/mol. The number of hydrogen-bond acceptors (Lipinski definition) is 5. The van der Waals surface area contributed by atoms with E-state index in [-0.39, 0.29) is 31.3 Å². The maximum Gasteiger partial charge on any atom is 0.238 e. The number of rotatable bonds is 5. The number of thiophene rings is 1. The number of carbonyl (C=O) groups excluding carboxylic acids is 1. The lowest BCUT2D eigenvalue weighted by Crippen LogP contribution is -2.39. The molecule has 1 saturated heterocycles. The molecule has 1 aliphatic heterocycles. The molecule has 0 radical (unpaired) electrons. The Hall–Kier alpha value is -1.74. The molecule has 1 aliphatic rings. The van der Waals surface area contributed by atoms with Crippen molar-refractivity contribution in [3.05, 3.63) is 58.3 Å². The average molecular weight is 380 g/mol. The number of nitrogens with zero attached hydrogens (tertiary/aromatic N) is 2. The Kier molecular flexibility index (Phi) is 5.53. The summed E-state index contributed by atoms with van der Waals surface area (Å²) in [5, 5.41) is 12.1. The van der Waals surface area contributed by atoms with E-state index in [2.05, 4.69) is 0 Å². The first-order valence-corrected chi connectivity index (χ1v) is 10.4. The number of amides is 1. The molecule has 0 aliphatic carbocycles. The molecule has 0 spiro atoms. The zero-order chi connectivity index (χ0) is 17.9. The highest BCUT2D eigenvalue weighted by molar-refractivity contribution is 7.88. The topological polar surface area (TPSA) is 77.9 Å². The maximum absolute atomic E-state index is 12.7. The van der Waals surface area contributed by atoms with E-state index in [1.165, 1.54) is 16.2 Å². The van der Waals surface area contributed by atoms with Crippen LogP contribution < -0.4 is 0 Å². The Balaban J connectivity index is 1.73. The summed E-state index contributed by atoms with van der Waals surface area (Å²) in [6.45, 7) is 0.216. The highest BCUT2D eigenvalue weighted by Gasteiger charge is 2.33. The van der Waals surface area contributed by atoms with Crippen molar-refractivity contribution in [3.63, 3.8) is 0 Å². The minimum absolute atomic E-state index is 0.0676. The fourth-order valence-electron chi connectivity index (χ4n) is 2.80. The third kappa shape index (κ3) is 4.66. The molecule has 1 atom stereocenters. The van der Waals surface area contributed by atoms with Crippen LogP contribution in [0.25, 0.3) is 0 Å². The molecule has 2 aromatic rings. The zero-order valence-electron chi connectivity index (χ0n) is 13.6. The highest BCUT2D eigenvalue weighted by atomic mass is 32.2. The number of carbonyl (C=O) groups is 1. The van der Waals surface area contributed by atoms with Gasteiger partial charge in [-0.2, -0.15) is 4.31 Å². The van der Waals surface area contributed by atoms with Gasteiger partial charge in [-0.1, -0.05) is 36.4 Å². The van der Waals surface area contributed by atoms with Crippen molar-refractivity contribution in [2.45, 2.75) is 18.4 Å². The Morgan fingerprint density at radius 1 is 1.12 bits per heavy atom. The van der Waals surface area contributed by atoms with Crippen LogP contribution in [0.15, 0.2) is 47.8 Å². The van der Waals surface area contributed by atoms with E-state index in [1.54, 1.807) is 24.3 Å². The molecular formula is C17H20N2O4S2. The van der Waals surface area contributed by atoms with Gasteiger partial charge in [0, 0.05) is 18.0 Å². The molecule has 1 N–H and O–H groups in total. The van der Waals surface area contributed by atoms with Gasteiger partial charge in [0.2, 0.25) is 15.9 Å². The van der Waals surface area contributed by atoms with Crippen LogP contribution in [0.1, 0.15) is 10.4 Å². The fraction of sp³-hybridized carbons (Fsp3) is 0.353. The lowest BCUT2D eigenvalue weighted by atomic mass is 10.2. The monoisotopic (exact) mass is 380 g/mol. The molecule has 0 saturated carbocycles. The van der Waals surface area contributed by atoms with Gasteiger partial charge in [-0.05, 0) is 17.0 Å². The van der Waals surface area contributed by atoms with E-state index >= 15 is 0 Å². The summed E-state index contributed by atoms with van der Waals surface area (Å²) in [7, 11) is -3.68. The van der Waals surface area contributed by atoms with Crippen LogP contribution in [0.5, 0.6) is 0 Å². The van der Waals surface area contributed by atoms with Crippen LogP contribution in [-0.4, -0.2) is 54.4 Å². The standard InChI is InChI=1S/C17H20N2O4S2/c20-15-9-18(11-16-7-4-8-24-16)17(21)12-19(10-15)25(22,23)13-14-5-2-1-3-6-14/h1-8,15,20H,9-13H2. The summed E-state index contributed by atoms with van der Waals surface area (Å²) < 4.78 is 26.4. The van der Waals surface area contributed by atoms with Crippen LogP contribution in [-0.2, 0) is 27.1 Å². The van der Waals surface area contributed by atoms with E-state index in [0.29, 0.717) is 12.1 Å². The lowest BCUT2D eigenvalue weighted by molar-refractivity contribution is -0.131. The summed E-state index contributed by atoms with van der Waals surface area (Å²) in [6.07, 6.45) is -0.906. The summed E-state index contributed by atoms with van der Waals surface area (Å²) >= 11 is 1.53. The van der Waals surface area contributed by atoms with Crippen LogP contribution in [0.2, 0.25) is 0 Å². The molecule has 0 bridgehead atoms. The SMILES string of the molecule is O=C1CN(S(=O)(=O)Cc2ccccc2)CC(O)CN1Cc1cccs1. The van der Waals surface area contributed by atoms with E-state index in [9.17, 15) is 18.3 Å². The number of sulfonamides is 1. The molecule has 1 amide bonds. The van der Waals surface area contributed by atoms with Crippen molar-refractivity contribution in [3.8, 4) is 0 Å². The molecule has 134 valence electrons. The van der Waals surface area contributed by atoms with Gasteiger partial charge >= 0.3 is 0 Å². The van der Waals surface area contributed by atoms with Gasteiger partial charge in [-0.25, -0.2) is 8.42 Å². The van der Waals surface area contributed by atoms with Crippen LogP contribution in [0.3, 0.4) is 0 Å². The summed E-state index contributed by atoms with van der Waals surface area (Å²) in [4.78, 5) is 15.0. The molecule has 6 nitrogen and oxygen atoms in total. The van der Waals surface area contributed by atoms with Gasteiger partial charge < -0.3 is 10.0 Å². The molecule has 1 aromatic heterocycles. The second-order valence-corrected chi connectivity index (χ2v) is 9.04.